The highest BCUT2D eigenvalue weighted by Crippen LogP contribution is 2.14. The molecule has 0 saturated carbocycles. The second-order valence-electron chi connectivity index (χ2n) is 4.99. The van der Waals surface area contributed by atoms with E-state index >= 15 is 0 Å². The number of likely N-dealkylation sites (N-methyl/N-ethyl adjacent to an activating group) is 1. The molecule has 0 aromatic carbocycles. The largest absolute Gasteiger partial charge is 0.365 e. The van der Waals surface area contributed by atoms with E-state index < -0.39 is 6.10 Å². The maximum absolute atomic E-state index is 12.6. The molecule has 21 heavy (non-hydrogen) atoms. The predicted octanol–water partition coefficient (Wildman–Crippen LogP) is 0.526. The van der Waals surface area contributed by atoms with Crippen molar-refractivity contribution in [3.05, 3.63) is 42.2 Å². The Bertz CT molecular complexity index is 647. The van der Waals surface area contributed by atoms with E-state index in [1.807, 2.05) is 41.1 Å². The molecule has 1 atom stereocenters. The van der Waals surface area contributed by atoms with Crippen LogP contribution in [0.15, 0.2) is 36.7 Å². The highest BCUT2D eigenvalue weighted by molar-refractivity contribution is 5.96. The number of nitrogens with one attached hydrogen (secondary N) is 1. The monoisotopic (exact) mass is 287 g/mol. The van der Waals surface area contributed by atoms with Gasteiger partial charge in [-0.25, -0.2) is 0 Å². The normalized spacial score (nSPS) is 18.7. The number of hydrogen-bond acceptors (Lipinski definition) is 3. The predicted molar refractivity (Wildman–Crippen MR) is 77.1 cm³/mol. The first kappa shape index (κ1) is 13.6. The van der Waals surface area contributed by atoms with Gasteiger partial charge >= 0.3 is 0 Å². The number of ether oxygens (including phenoxy) is 1. The minimum Gasteiger partial charge on any atom is -0.365 e. The number of hydrogen-bond donors (Lipinski definition) is 1. The number of fused-ring (bicyclic) bond motifs is 1. The van der Waals surface area contributed by atoms with Crippen molar-refractivity contribution in [3.63, 3.8) is 0 Å². The average molecular weight is 287 g/mol. The van der Waals surface area contributed by atoms with Gasteiger partial charge in [-0.1, -0.05) is 6.07 Å². The molecule has 1 aliphatic heterocycles. The lowest BCUT2D eigenvalue weighted by Crippen LogP contribution is -2.51. The van der Waals surface area contributed by atoms with Crippen molar-refractivity contribution in [2.45, 2.75) is 6.10 Å². The summed E-state index contributed by atoms with van der Waals surface area (Å²) in [4.78, 5) is 25.9. The van der Waals surface area contributed by atoms with Crippen LogP contribution in [0.25, 0.3) is 5.52 Å². The first-order valence-electron chi connectivity index (χ1n) is 6.88. The van der Waals surface area contributed by atoms with Gasteiger partial charge in [-0.15, -0.1) is 0 Å². The molecule has 2 aromatic rings. The molecule has 0 spiro atoms. The first-order valence-corrected chi connectivity index (χ1v) is 6.88. The summed E-state index contributed by atoms with van der Waals surface area (Å²) in [7, 11) is 1.56. The minimum atomic E-state index is -0.593. The molecular formula is C15H17N3O3. The van der Waals surface area contributed by atoms with Crippen molar-refractivity contribution in [2.75, 3.05) is 26.7 Å². The molecule has 6 heteroatoms. The van der Waals surface area contributed by atoms with E-state index in [9.17, 15) is 9.59 Å². The number of carbonyl (C=O) groups excluding carboxylic acids is 2. The van der Waals surface area contributed by atoms with E-state index in [2.05, 4.69) is 5.32 Å². The SMILES string of the molecule is CNC(=O)[C@@H]1CN(C(=O)c2cc3ccccn3c2)CCO1. The Hall–Kier alpha value is -2.34. The minimum absolute atomic E-state index is 0.0732. The molecule has 1 fully saturated rings. The van der Waals surface area contributed by atoms with Crippen molar-refractivity contribution in [1.82, 2.24) is 14.6 Å². The van der Waals surface area contributed by atoms with E-state index in [1.165, 1.54) is 0 Å². The van der Waals surface area contributed by atoms with Crippen molar-refractivity contribution >= 4 is 17.3 Å². The molecule has 0 bridgehead atoms. The standard InChI is InChI=1S/C15H17N3O3/c1-16-14(19)13-10-18(6-7-21-13)15(20)11-8-12-4-2-3-5-17(12)9-11/h2-5,8-9,13H,6-7,10H2,1H3,(H,16,19)/t13-/m0/s1. The molecule has 3 heterocycles. The lowest BCUT2D eigenvalue weighted by molar-refractivity contribution is -0.136. The highest BCUT2D eigenvalue weighted by atomic mass is 16.5. The smallest absolute Gasteiger partial charge is 0.255 e. The Balaban J connectivity index is 1.79. The van der Waals surface area contributed by atoms with E-state index in [-0.39, 0.29) is 18.4 Å². The van der Waals surface area contributed by atoms with Crippen molar-refractivity contribution in [2.24, 2.45) is 0 Å². The average Bonchev–Trinajstić information content (AvgIpc) is 2.97. The molecule has 110 valence electrons. The van der Waals surface area contributed by atoms with Gasteiger partial charge in [0, 0.05) is 31.5 Å². The summed E-state index contributed by atoms with van der Waals surface area (Å²) in [6.45, 7) is 1.15. The zero-order chi connectivity index (χ0) is 14.8. The molecule has 0 unspecified atom stereocenters. The van der Waals surface area contributed by atoms with Crippen LogP contribution in [0.4, 0.5) is 0 Å². The number of aromatic nitrogens is 1. The molecule has 1 N–H and O–H groups in total. The van der Waals surface area contributed by atoms with Crippen LogP contribution >= 0.6 is 0 Å². The van der Waals surface area contributed by atoms with Crippen LogP contribution in [0.2, 0.25) is 0 Å². The molecule has 6 nitrogen and oxygen atoms in total. The fraction of sp³-hybridized carbons (Fsp3) is 0.333. The maximum atomic E-state index is 12.6. The molecule has 1 aliphatic rings. The van der Waals surface area contributed by atoms with Gasteiger partial charge in [-0.2, -0.15) is 0 Å². The molecule has 2 amide bonds. The van der Waals surface area contributed by atoms with Crippen LogP contribution in [0, 0.1) is 0 Å². The van der Waals surface area contributed by atoms with E-state index in [0.717, 1.165) is 5.52 Å². The fourth-order valence-corrected chi connectivity index (χ4v) is 2.51. The summed E-state index contributed by atoms with van der Waals surface area (Å²) in [6.07, 6.45) is 3.12. The molecule has 0 aliphatic carbocycles. The Labute approximate surface area is 122 Å². The number of pyridine rings is 1. The van der Waals surface area contributed by atoms with Gasteiger partial charge in [-0.05, 0) is 18.2 Å². The van der Waals surface area contributed by atoms with Gasteiger partial charge in [0.15, 0.2) is 6.10 Å². The van der Waals surface area contributed by atoms with Crippen molar-refractivity contribution in [1.29, 1.82) is 0 Å². The van der Waals surface area contributed by atoms with E-state index in [1.54, 1.807) is 11.9 Å². The number of rotatable bonds is 2. The Kier molecular flexibility index (Phi) is 3.62. The Morgan fingerprint density at radius 3 is 3.00 bits per heavy atom. The van der Waals surface area contributed by atoms with E-state index in [4.69, 9.17) is 4.74 Å². The van der Waals surface area contributed by atoms with Crippen LogP contribution in [-0.2, 0) is 9.53 Å². The summed E-state index contributed by atoms with van der Waals surface area (Å²) >= 11 is 0. The second kappa shape index (κ2) is 5.57. The zero-order valence-corrected chi connectivity index (χ0v) is 11.8. The van der Waals surface area contributed by atoms with Gasteiger partial charge in [0.05, 0.1) is 18.7 Å². The third kappa shape index (κ3) is 2.62. The quantitative estimate of drug-likeness (QED) is 0.876. The van der Waals surface area contributed by atoms with Gasteiger partial charge in [-0.3, -0.25) is 9.59 Å². The van der Waals surface area contributed by atoms with Crippen LogP contribution in [0.1, 0.15) is 10.4 Å². The first-order chi connectivity index (χ1) is 10.2. The van der Waals surface area contributed by atoms with Crippen LogP contribution in [-0.4, -0.2) is 54.0 Å². The second-order valence-corrected chi connectivity index (χ2v) is 4.99. The number of morpholine rings is 1. The molecule has 0 radical (unpaired) electrons. The Morgan fingerprint density at radius 2 is 2.24 bits per heavy atom. The van der Waals surface area contributed by atoms with E-state index in [0.29, 0.717) is 18.7 Å². The van der Waals surface area contributed by atoms with Crippen LogP contribution < -0.4 is 5.32 Å². The summed E-state index contributed by atoms with van der Waals surface area (Å²) < 4.78 is 7.30. The lowest BCUT2D eigenvalue weighted by atomic mass is 10.2. The third-order valence-corrected chi connectivity index (χ3v) is 3.64. The maximum Gasteiger partial charge on any atom is 0.255 e. The highest BCUT2D eigenvalue weighted by Gasteiger charge is 2.29. The van der Waals surface area contributed by atoms with Gasteiger partial charge < -0.3 is 19.4 Å². The Morgan fingerprint density at radius 1 is 1.38 bits per heavy atom. The fourth-order valence-electron chi connectivity index (χ4n) is 2.51. The zero-order valence-electron chi connectivity index (χ0n) is 11.8. The molecule has 3 rings (SSSR count). The third-order valence-electron chi connectivity index (χ3n) is 3.64. The van der Waals surface area contributed by atoms with Crippen molar-refractivity contribution in [3.8, 4) is 0 Å². The molecular weight excluding hydrogens is 270 g/mol. The summed E-state index contributed by atoms with van der Waals surface area (Å²) in [5, 5.41) is 2.55. The summed E-state index contributed by atoms with van der Waals surface area (Å²) in [5.74, 6) is -0.273. The number of carbonyl (C=O) groups is 2. The molecule has 1 saturated heterocycles. The van der Waals surface area contributed by atoms with Crippen LogP contribution in [0.3, 0.4) is 0 Å². The summed E-state index contributed by atoms with van der Waals surface area (Å²) in [5.41, 5.74) is 1.59. The summed E-state index contributed by atoms with van der Waals surface area (Å²) in [6, 6.07) is 7.65. The number of nitrogens with zero attached hydrogens (tertiary/aromatic N) is 2. The van der Waals surface area contributed by atoms with Gasteiger partial charge in [0.2, 0.25) is 0 Å². The van der Waals surface area contributed by atoms with Gasteiger partial charge in [0.25, 0.3) is 11.8 Å². The number of amides is 2. The van der Waals surface area contributed by atoms with Gasteiger partial charge in [0.1, 0.15) is 0 Å². The van der Waals surface area contributed by atoms with Crippen molar-refractivity contribution < 1.29 is 14.3 Å². The van der Waals surface area contributed by atoms with Crippen LogP contribution in [0.5, 0.6) is 0 Å². The molecule has 2 aromatic heterocycles. The lowest BCUT2D eigenvalue weighted by Gasteiger charge is -2.31. The topological polar surface area (TPSA) is 63.1 Å².